The number of fused-ring (bicyclic) bond motifs is 1. The van der Waals surface area contributed by atoms with Crippen molar-refractivity contribution < 1.29 is 14.3 Å². The van der Waals surface area contributed by atoms with Crippen molar-refractivity contribution in [2.24, 2.45) is 0 Å². The molecular weight excluding hydrogens is 372 g/mol. The van der Waals surface area contributed by atoms with Gasteiger partial charge in [0.1, 0.15) is 5.75 Å². The fourth-order valence-corrected chi connectivity index (χ4v) is 2.68. The summed E-state index contributed by atoms with van der Waals surface area (Å²) in [6.07, 6.45) is 1.65. The summed E-state index contributed by atoms with van der Waals surface area (Å²) in [5, 5.41) is 2.83. The van der Waals surface area contributed by atoms with E-state index >= 15 is 0 Å². The Morgan fingerprint density at radius 1 is 1.29 bits per heavy atom. The van der Waals surface area contributed by atoms with Crippen LogP contribution >= 0.6 is 15.9 Å². The zero-order valence-electron chi connectivity index (χ0n) is 12.8. The van der Waals surface area contributed by atoms with Crippen LogP contribution in [-0.4, -0.2) is 25.0 Å². The van der Waals surface area contributed by atoms with Crippen LogP contribution in [0.1, 0.15) is 10.4 Å². The molecule has 0 spiro atoms. The van der Waals surface area contributed by atoms with Gasteiger partial charge >= 0.3 is 0 Å². The first-order valence-corrected chi connectivity index (χ1v) is 8.13. The van der Waals surface area contributed by atoms with Crippen molar-refractivity contribution in [1.82, 2.24) is 0 Å². The van der Waals surface area contributed by atoms with Gasteiger partial charge in [0.05, 0.1) is 5.69 Å². The third-order valence-electron chi connectivity index (χ3n) is 3.58. The van der Waals surface area contributed by atoms with E-state index in [4.69, 9.17) is 4.74 Å². The van der Waals surface area contributed by atoms with Gasteiger partial charge in [-0.05, 0) is 42.5 Å². The van der Waals surface area contributed by atoms with Gasteiger partial charge < -0.3 is 15.0 Å². The molecule has 0 atom stereocenters. The average Bonchev–Trinajstić information content (AvgIpc) is 2.58. The molecule has 1 aliphatic heterocycles. The normalized spacial score (nSPS) is 13.0. The Hall–Kier alpha value is -2.60. The lowest BCUT2D eigenvalue weighted by Gasteiger charge is -2.28. The fraction of sp³-hybridized carbons (Fsp3) is 0.111. The van der Waals surface area contributed by atoms with Gasteiger partial charge in [-0.3, -0.25) is 9.59 Å². The molecule has 0 saturated heterocycles. The van der Waals surface area contributed by atoms with E-state index in [1.165, 1.54) is 0 Å². The van der Waals surface area contributed by atoms with Gasteiger partial charge in [-0.25, -0.2) is 0 Å². The van der Waals surface area contributed by atoms with E-state index in [1.807, 2.05) is 0 Å². The van der Waals surface area contributed by atoms with E-state index in [0.29, 0.717) is 29.2 Å². The van der Waals surface area contributed by atoms with E-state index in [2.05, 4.69) is 27.8 Å². The molecule has 2 aromatic carbocycles. The van der Waals surface area contributed by atoms with E-state index in [-0.39, 0.29) is 18.4 Å². The van der Waals surface area contributed by atoms with Crippen molar-refractivity contribution in [3.05, 3.63) is 65.2 Å². The molecule has 0 saturated carbocycles. The average molecular weight is 387 g/mol. The molecule has 3 rings (SSSR count). The zero-order valence-corrected chi connectivity index (χ0v) is 14.4. The van der Waals surface area contributed by atoms with Crippen LogP contribution in [0.2, 0.25) is 0 Å². The number of anilines is 2. The van der Waals surface area contributed by atoms with Gasteiger partial charge in [-0.2, -0.15) is 0 Å². The maximum absolute atomic E-state index is 12.3. The summed E-state index contributed by atoms with van der Waals surface area (Å²) >= 11 is 3.34. The second-order valence-electron chi connectivity index (χ2n) is 5.23. The molecule has 0 unspecified atom stereocenters. The van der Waals surface area contributed by atoms with Crippen LogP contribution < -0.4 is 15.0 Å². The number of hydrogen-bond donors (Lipinski definition) is 1. The van der Waals surface area contributed by atoms with Crippen molar-refractivity contribution in [3.8, 4) is 5.75 Å². The van der Waals surface area contributed by atoms with Gasteiger partial charge in [0.25, 0.3) is 11.8 Å². The lowest BCUT2D eigenvalue weighted by Crippen LogP contribution is -2.38. The van der Waals surface area contributed by atoms with Crippen LogP contribution in [0.25, 0.3) is 0 Å². The molecule has 0 aliphatic carbocycles. The van der Waals surface area contributed by atoms with Crippen LogP contribution in [0.3, 0.4) is 0 Å². The summed E-state index contributed by atoms with van der Waals surface area (Å²) in [6, 6.07) is 12.3. The van der Waals surface area contributed by atoms with Gasteiger partial charge in [0.15, 0.2) is 6.61 Å². The first-order valence-electron chi connectivity index (χ1n) is 7.33. The van der Waals surface area contributed by atoms with Crippen LogP contribution in [-0.2, 0) is 4.79 Å². The minimum absolute atomic E-state index is 0.00540. The maximum Gasteiger partial charge on any atom is 0.265 e. The molecule has 2 amide bonds. The Labute approximate surface area is 148 Å². The largest absolute Gasteiger partial charge is 0.482 e. The van der Waals surface area contributed by atoms with Crippen LogP contribution in [0.15, 0.2) is 59.6 Å². The second kappa shape index (κ2) is 6.88. The van der Waals surface area contributed by atoms with Gasteiger partial charge in [-0.1, -0.05) is 22.0 Å². The summed E-state index contributed by atoms with van der Waals surface area (Å²) in [5.41, 5.74) is 1.76. The maximum atomic E-state index is 12.3. The quantitative estimate of drug-likeness (QED) is 0.816. The molecule has 5 nitrogen and oxygen atoms in total. The Morgan fingerprint density at radius 3 is 2.75 bits per heavy atom. The minimum Gasteiger partial charge on any atom is -0.482 e. The monoisotopic (exact) mass is 386 g/mol. The third kappa shape index (κ3) is 3.33. The van der Waals surface area contributed by atoms with Gasteiger partial charge in [-0.15, -0.1) is 6.58 Å². The van der Waals surface area contributed by atoms with Gasteiger partial charge in [0.2, 0.25) is 0 Å². The number of rotatable bonds is 4. The molecular formula is C18H15BrN2O3. The van der Waals surface area contributed by atoms with E-state index in [0.717, 1.165) is 4.47 Å². The van der Waals surface area contributed by atoms with Crippen LogP contribution in [0.5, 0.6) is 5.75 Å². The molecule has 24 heavy (non-hydrogen) atoms. The van der Waals surface area contributed by atoms with Crippen LogP contribution in [0, 0.1) is 0 Å². The van der Waals surface area contributed by atoms with Crippen molar-refractivity contribution in [2.45, 2.75) is 0 Å². The van der Waals surface area contributed by atoms with Crippen LogP contribution in [0.4, 0.5) is 11.4 Å². The molecule has 0 bridgehead atoms. The van der Waals surface area contributed by atoms with Crippen molar-refractivity contribution in [2.75, 3.05) is 23.4 Å². The molecule has 0 fully saturated rings. The summed E-state index contributed by atoms with van der Waals surface area (Å²) in [7, 11) is 0. The highest BCUT2D eigenvalue weighted by atomic mass is 79.9. The number of ether oxygens (including phenoxy) is 1. The number of halogens is 1. The summed E-state index contributed by atoms with van der Waals surface area (Å²) < 4.78 is 6.33. The molecule has 0 aromatic heterocycles. The molecule has 122 valence electrons. The molecule has 1 aliphatic rings. The number of nitrogens with one attached hydrogen (secondary N) is 1. The SMILES string of the molecule is C=CCN1C(=O)COc2ccc(NC(=O)c3ccc(Br)cc3)cc21. The Kier molecular flexibility index (Phi) is 4.66. The minimum atomic E-state index is -0.222. The van der Waals surface area contributed by atoms with E-state index < -0.39 is 0 Å². The standard InChI is InChI=1S/C18H15BrN2O3/c1-2-9-21-15-10-14(7-8-16(15)24-11-17(21)22)20-18(23)12-3-5-13(19)6-4-12/h2-8,10H,1,9,11H2,(H,20,23). The molecule has 1 N–H and O–H groups in total. The topological polar surface area (TPSA) is 58.6 Å². The predicted octanol–water partition coefficient (Wildman–Crippen LogP) is 3.61. The lowest BCUT2D eigenvalue weighted by atomic mass is 10.2. The third-order valence-corrected chi connectivity index (χ3v) is 4.11. The van der Waals surface area contributed by atoms with Crippen molar-refractivity contribution >= 4 is 39.1 Å². The van der Waals surface area contributed by atoms with E-state index in [9.17, 15) is 9.59 Å². The number of nitrogens with zero attached hydrogens (tertiary/aromatic N) is 1. The number of carbonyl (C=O) groups excluding carboxylic acids is 2. The number of carbonyl (C=O) groups is 2. The number of benzene rings is 2. The summed E-state index contributed by atoms with van der Waals surface area (Å²) in [5.74, 6) is 0.248. The first kappa shape index (κ1) is 16.3. The molecule has 1 heterocycles. The highest BCUT2D eigenvalue weighted by Crippen LogP contribution is 2.34. The Bertz CT molecular complexity index is 802. The van der Waals surface area contributed by atoms with Gasteiger partial charge in [0, 0.05) is 22.3 Å². The summed E-state index contributed by atoms with van der Waals surface area (Å²) in [6.45, 7) is 4.07. The van der Waals surface area contributed by atoms with Crippen molar-refractivity contribution in [3.63, 3.8) is 0 Å². The van der Waals surface area contributed by atoms with Crippen molar-refractivity contribution in [1.29, 1.82) is 0 Å². The highest BCUT2D eigenvalue weighted by Gasteiger charge is 2.25. The predicted molar refractivity (Wildman–Crippen MR) is 96.6 cm³/mol. The first-order chi connectivity index (χ1) is 11.6. The second-order valence-corrected chi connectivity index (χ2v) is 6.14. The number of amides is 2. The highest BCUT2D eigenvalue weighted by molar-refractivity contribution is 9.10. The number of hydrogen-bond acceptors (Lipinski definition) is 3. The summed E-state index contributed by atoms with van der Waals surface area (Å²) in [4.78, 5) is 25.9. The lowest BCUT2D eigenvalue weighted by molar-refractivity contribution is -0.121. The van der Waals surface area contributed by atoms with E-state index in [1.54, 1.807) is 53.4 Å². The Balaban J connectivity index is 1.85. The molecule has 0 radical (unpaired) electrons. The molecule has 6 heteroatoms. The zero-order chi connectivity index (χ0) is 17.1. The Morgan fingerprint density at radius 2 is 2.04 bits per heavy atom. The fourth-order valence-electron chi connectivity index (χ4n) is 2.41. The smallest absolute Gasteiger partial charge is 0.265 e. The molecule has 2 aromatic rings.